The largest absolute Gasteiger partial charge is 0.496 e. The van der Waals surface area contributed by atoms with Gasteiger partial charge in [-0.3, -0.25) is 14.9 Å². The van der Waals surface area contributed by atoms with Gasteiger partial charge in [0.2, 0.25) is 0 Å². The van der Waals surface area contributed by atoms with Crippen LogP contribution >= 0.6 is 0 Å². The zero-order valence-electron chi connectivity index (χ0n) is 18.7. The van der Waals surface area contributed by atoms with Crippen LogP contribution in [-0.2, 0) is 18.0 Å². The standard InChI is InChI=1S/C24H24N6O4/c1-26-24(32)29-22-12-17(9-10-27-22)14-28-20-6-4-3-5-19(20)23(31)30-34-15-18-8-7-16(13-25)11-21(18)33-2/h3-12,28H,14-15H2,1-2H3,(H,30,31)(H2,26,27,29,32). The predicted molar refractivity (Wildman–Crippen MR) is 126 cm³/mol. The molecule has 0 bridgehead atoms. The van der Waals surface area contributed by atoms with Gasteiger partial charge >= 0.3 is 6.03 Å². The normalized spacial score (nSPS) is 10.0. The van der Waals surface area contributed by atoms with Gasteiger partial charge in [-0.15, -0.1) is 0 Å². The van der Waals surface area contributed by atoms with Crippen molar-refractivity contribution in [3.63, 3.8) is 0 Å². The third-order valence-electron chi connectivity index (χ3n) is 4.76. The number of urea groups is 1. The first-order chi connectivity index (χ1) is 16.5. The first-order valence-corrected chi connectivity index (χ1v) is 10.3. The Bertz CT molecular complexity index is 1210. The number of hydrogen-bond donors (Lipinski definition) is 4. The van der Waals surface area contributed by atoms with Gasteiger partial charge in [0.05, 0.1) is 24.3 Å². The van der Waals surface area contributed by atoms with Crippen molar-refractivity contribution in [2.75, 3.05) is 24.8 Å². The summed E-state index contributed by atoms with van der Waals surface area (Å²) in [6.07, 6.45) is 1.59. The number of ether oxygens (including phenoxy) is 1. The smallest absolute Gasteiger partial charge is 0.320 e. The van der Waals surface area contributed by atoms with E-state index in [9.17, 15) is 9.59 Å². The van der Waals surface area contributed by atoms with E-state index in [1.54, 1.807) is 54.7 Å². The van der Waals surface area contributed by atoms with Gasteiger partial charge in [-0.05, 0) is 42.0 Å². The molecule has 0 atom stereocenters. The van der Waals surface area contributed by atoms with E-state index in [2.05, 4.69) is 26.4 Å². The van der Waals surface area contributed by atoms with Gasteiger partial charge in [-0.25, -0.2) is 15.3 Å². The average molecular weight is 460 g/mol. The summed E-state index contributed by atoms with van der Waals surface area (Å²) in [6.45, 7) is 0.465. The number of carbonyl (C=O) groups excluding carboxylic acids is 2. The maximum atomic E-state index is 12.7. The Balaban J connectivity index is 1.61. The minimum Gasteiger partial charge on any atom is -0.496 e. The zero-order valence-corrected chi connectivity index (χ0v) is 18.7. The molecule has 0 aliphatic heterocycles. The molecule has 1 aromatic heterocycles. The third-order valence-corrected chi connectivity index (χ3v) is 4.76. The lowest BCUT2D eigenvalue weighted by Gasteiger charge is -2.13. The van der Waals surface area contributed by atoms with Crippen LogP contribution in [0.15, 0.2) is 60.8 Å². The predicted octanol–water partition coefficient (Wildman–Crippen LogP) is 3.19. The lowest BCUT2D eigenvalue weighted by atomic mass is 10.1. The van der Waals surface area contributed by atoms with Crippen LogP contribution in [0.5, 0.6) is 5.75 Å². The number of nitriles is 1. The molecule has 0 saturated carbocycles. The molecule has 2 aromatic carbocycles. The van der Waals surface area contributed by atoms with Gasteiger partial charge in [0, 0.05) is 31.0 Å². The Morgan fingerprint density at radius 1 is 1.12 bits per heavy atom. The lowest BCUT2D eigenvalue weighted by molar-refractivity contribution is 0.0228. The number of methoxy groups -OCH3 is 1. The molecular formula is C24H24N6O4. The van der Waals surface area contributed by atoms with Crippen molar-refractivity contribution in [1.29, 1.82) is 5.26 Å². The monoisotopic (exact) mass is 460 g/mol. The maximum absolute atomic E-state index is 12.7. The van der Waals surface area contributed by atoms with Gasteiger partial charge < -0.3 is 15.4 Å². The van der Waals surface area contributed by atoms with Gasteiger partial charge in [0.25, 0.3) is 5.91 Å². The number of nitrogens with zero attached hydrogens (tertiary/aromatic N) is 2. The minimum atomic E-state index is -0.424. The first kappa shape index (κ1) is 24.0. The summed E-state index contributed by atoms with van der Waals surface area (Å²) in [6, 6.07) is 17.2. The van der Waals surface area contributed by atoms with Crippen LogP contribution < -0.4 is 26.2 Å². The molecule has 0 spiro atoms. The number of carbonyl (C=O) groups is 2. The highest BCUT2D eigenvalue weighted by atomic mass is 16.7. The van der Waals surface area contributed by atoms with Crippen molar-refractivity contribution in [1.82, 2.24) is 15.8 Å². The highest BCUT2D eigenvalue weighted by Crippen LogP contribution is 2.21. The van der Waals surface area contributed by atoms with Crippen molar-refractivity contribution in [2.24, 2.45) is 0 Å². The molecule has 10 heteroatoms. The van der Waals surface area contributed by atoms with E-state index < -0.39 is 5.91 Å². The van der Waals surface area contributed by atoms with Gasteiger partial charge in [0.1, 0.15) is 18.2 Å². The number of para-hydroxylation sites is 1. The molecule has 174 valence electrons. The number of hydroxylamine groups is 1. The molecule has 0 aliphatic carbocycles. The number of aromatic nitrogens is 1. The molecule has 0 radical (unpaired) electrons. The van der Waals surface area contributed by atoms with E-state index in [1.807, 2.05) is 12.1 Å². The van der Waals surface area contributed by atoms with Crippen LogP contribution in [0.2, 0.25) is 0 Å². The summed E-state index contributed by atoms with van der Waals surface area (Å²) >= 11 is 0. The summed E-state index contributed by atoms with van der Waals surface area (Å²) < 4.78 is 5.27. The van der Waals surface area contributed by atoms with Crippen LogP contribution in [0, 0.1) is 11.3 Å². The fraction of sp³-hybridized carbons (Fsp3) is 0.167. The molecule has 3 rings (SSSR count). The molecule has 3 amide bonds. The van der Waals surface area contributed by atoms with E-state index in [0.29, 0.717) is 40.5 Å². The Kier molecular flexibility index (Phi) is 8.37. The number of rotatable bonds is 9. The second-order valence-corrected chi connectivity index (χ2v) is 7.01. The van der Waals surface area contributed by atoms with Crippen molar-refractivity contribution in [2.45, 2.75) is 13.2 Å². The highest BCUT2D eigenvalue weighted by Gasteiger charge is 2.12. The molecule has 3 aromatic rings. The molecule has 0 unspecified atom stereocenters. The summed E-state index contributed by atoms with van der Waals surface area (Å²) in [7, 11) is 3.02. The van der Waals surface area contributed by atoms with E-state index in [0.717, 1.165) is 5.56 Å². The highest BCUT2D eigenvalue weighted by molar-refractivity contribution is 5.99. The number of hydrogen-bond acceptors (Lipinski definition) is 7. The Morgan fingerprint density at radius 2 is 1.94 bits per heavy atom. The molecule has 1 heterocycles. The average Bonchev–Trinajstić information content (AvgIpc) is 2.87. The van der Waals surface area contributed by atoms with Crippen LogP contribution in [0.4, 0.5) is 16.3 Å². The van der Waals surface area contributed by atoms with Crippen molar-refractivity contribution in [3.05, 3.63) is 83.0 Å². The van der Waals surface area contributed by atoms with Gasteiger partial charge in [-0.2, -0.15) is 5.26 Å². The van der Waals surface area contributed by atoms with E-state index >= 15 is 0 Å². The van der Waals surface area contributed by atoms with Crippen LogP contribution in [0.25, 0.3) is 0 Å². The van der Waals surface area contributed by atoms with Crippen molar-refractivity contribution in [3.8, 4) is 11.8 Å². The Labute approximate surface area is 196 Å². The number of benzene rings is 2. The summed E-state index contributed by atoms with van der Waals surface area (Å²) in [4.78, 5) is 33.7. The quantitative estimate of drug-likeness (QED) is 0.360. The van der Waals surface area contributed by atoms with Gasteiger partial charge in [0.15, 0.2) is 0 Å². The zero-order chi connectivity index (χ0) is 24.3. The number of anilines is 2. The Morgan fingerprint density at radius 3 is 2.71 bits per heavy atom. The SMILES string of the molecule is CNC(=O)Nc1cc(CNc2ccccc2C(=O)NOCc2ccc(C#N)cc2OC)ccn1. The van der Waals surface area contributed by atoms with E-state index in [4.69, 9.17) is 14.8 Å². The lowest BCUT2D eigenvalue weighted by Crippen LogP contribution is -2.25. The van der Waals surface area contributed by atoms with Crippen LogP contribution in [0.1, 0.15) is 27.0 Å². The van der Waals surface area contributed by atoms with E-state index in [-0.39, 0.29) is 12.6 Å². The minimum absolute atomic E-state index is 0.0638. The first-order valence-electron chi connectivity index (χ1n) is 10.3. The van der Waals surface area contributed by atoms with Crippen LogP contribution in [0.3, 0.4) is 0 Å². The van der Waals surface area contributed by atoms with Gasteiger partial charge in [-0.1, -0.05) is 18.2 Å². The maximum Gasteiger partial charge on any atom is 0.320 e. The van der Waals surface area contributed by atoms with Crippen molar-refractivity contribution >= 4 is 23.4 Å². The molecule has 0 aliphatic rings. The fourth-order valence-electron chi connectivity index (χ4n) is 3.03. The van der Waals surface area contributed by atoms with E-state index in [1.165, 1.54) is 14.2 Å². The summed E-state index contributed by atoms with van der Waals surface area (Å²) in [5.74, 6) is 0.488. The third kappa shape index (κ3) is 6.44. The molecule has 34 heavy (non-hydrogen) atoms. The number of pyridine rings is 1. The van der Waals surface area contributed by atoms with Crippen LogP contribution in [-0.4, -0.2) is 31.1 Å². The molecule has 10 nitrogen and oxygen atoms in total. The molecular weight excluding hydrogens is 436 g/mol. The Hall–Kier alpha value is -4.62. The molecule has 4 N–H and O–H groups in total. The topological polar surface area (TPSA) is 137 Å². The van der Waals surface area contributed by atoms with Crippen molar-refractivity contribution < 1.29 is 19.2 Å². The number of nitrogens with one attached hydrogen (secondary N) is 4. The molecule has 0 fully saturated rings. The summed E-state index contributed by atoms with van der Waals surface area (Å²) in [5, 5.41) is 17.3. The second-order valence-electron chi connectivity index (χ2n) is 7.01. The second kappa shape index (κ2) is 11.8. The molecule has 0 saturated heterocycles. The number of amides is 3. The summed E-state index contributed by atoms with van der Waals surface area (Å²) in [5.41, 5.74) is 5.46. The fourth-order valence-corrected chi connectivity index (χ4v) is 3.03.